The summed E-state index contributed by atoms with van der Waals surface area (Å²) in [6, 6.07) is 6.46. The summed E-state index contributed by atoms with van der Waals surface area (Å²) >= 11 is 0. The molecule has 0 spiro atoms. The quantitative estimate of drug-likeness (QED) is 0.882. The average Bonchev–Trinajstić information content (AvgIpc) is 2.44. The van der Waals surface area contributed by atoms with Crippen molar-refractivity contribution in [1.82, 2.24) is 5.32 Å². The minimum absolute atomic E-state index is 0.0331. The average molecular weight is 276 g/mol. The smallest absolute Gasteiger partial charge is 0.251 e. The zero-order valence-electron chi connectivity index (χ0n) is 12.5. The number of rotatable bonds is 4. The molecule has 0 saturated heterocycles. The number of fused-ring (bicyclic) bond motifs is 1. The van der Waals surface area contributed by atoms with Crippen LogP contribution in [0.2, 0.25) is 0 Å². The Hall–Kier alpha value is -1.55. The van der Waals surface area contributed by atoms with Gasteiger partial charge in [0.25, 0.3) is 5.91 Å². The summed E-state index contributed by atoms with van der Waals surface area (Å²) in [6.45, 7) is 4.75. The molecule has 0 radical (unpaired) electrons. The monoisotopic (exact) mass is 276 g/mol. The van der Waals surface area contributed by atoms with Crippen molar-refractivity contribution in [2.45, 2.75) is 32.7 Å². The van der Waals surface area contributed by atoms with Crippen LogP contribution in [-0.2, 0) is 6.42 Å². The maximum absolute atomic E-state index is 11.9. The molecule has 4 nitrogen and oxygen atoms in total. The molecule has 2 N–H and O–H groups in total. The number of carbonyl (C=O) groups excluding carboxylic acids is 1. The number of anilines is 1. The zero-order chi connectivity index (χ0) is 14.7. The lowest BCUT2D eigenvalue weighted by molar-refractivity contribution is 0.0944. The van der Waals surface area contributed by atoms with Gasteiger partial charge < -0.3 is 15.3 Å². The van der Waals surface area contributed by atoms with Crippen LogP contribution in [0.25, 0.3) is 0 Å². The Morgan fingerprint density at radius 2 is 2.25 bits per heavy atom. The fourth-order valence-electron chi connectivity index (χ4n) is 3.23. The summed E-state index contributed by atoms with van der Waals surface area (Å²) in [5.41, 5.74) is 3.14. The highest BCUT2D eigenvalue weighted by atomic mass is 16.3. The Bertz CT molecular complexity index is 487. The van der Waals surface area contributed by atoms with Gasteiger partial charge in [-0.05, 0) is 42.5 Å². The summed E-state index contributed by atoms with van der Waals surface area (Å²) in [4.78, 5) is 14.3. The van der Waals surface area contributed by atoms with Crippen LogP contribution in [0, 0.1) is 5.92 Å². The Morgan fingerprint density at radius 1 is 1.50 bits per heavy atom. The van der Waals surface area contributed by atoms with Crippen LogP contribution in [-0.4, -0.2) is 37.3 Å². The molecule has 1 aliphatic rings. The van der Waals surface area contributed by atoms with Crippen LogP contribution >= 0.6 is 0 Å². The number of aliphatic hydroxyl groups is 1. The van der Waals surface area contributed by atoms with Gasteiger partial charge in [-0.15, -0.1) is 0 Å². The molecule has 0 unspecified atom stereocenters. The molecule has 0 bridgehead atoms. The van der Waals surface area contributed by atoms with Crippen LogP contribution in [0.4, 0.5) is 5.69 Å². The number of hydrogen-bond donors (Lipinski definition) is 2. The van der Waals surface area contributed by atoms with Crippen LogP contribution in [0.15, 0.2) is 18.2 Å². The molecule has 0 aromatic heterocycles. The van der Waals surface area contributed by atoms with Crippen molar-refractivity contribution in [3.8, 4) is 0 Å². The normalized spacial score (nSPS) is 21.5. The molecule has 1 aromatic rings. The SMILES string of the molecule is CC[C@H]1[C@H](C)Cc2cc(C(=O)NCCO)ccc2N1C. The summed E-state index contributed by atoms with van der Waals surface area (Å²) < 4.78 is 0. The van der Waals surface area contributed by atoms with Gasteiger partial charge in [0.15, 0.2) is 0 Å². The van der Waals surface area contributed by atoms with E-state index in [2.05, 4.69) is 31.1 Å². The Morgan fingerprint density at radius 3 is 2.90 bits per heavy atom. The maximum atomic E-state index is 11.9. The van der Waals surface area contributed by atoms with E-state index in [0.717, 1.165) is 12.8 Å². The van der Waals surface area contributed by atoms with Gasteiger partial charge >= 0.3 is 0 Å². The summed E-state index contributed by atoms with van der Waals surface area (Å²) in [5, 5.41) is 11.5. The number of amides is 1. The highest BCUT2D eigenvalue weighted by molar-refractivity contribution is 5.95. The largest absolute Gasteiger partial charge is 0.395 e. The Labute approximate surface area is 120 Å². The van der Waals surface area contributed by atoms with Crippen LogP contribution in [0.3, 0.4) is 0 Å². The minimum atomic E-state index is -0.116. The van der Waals surface area contributed by atoms with E-state index < -0.39 is 0 Å². The second kappa shape index (κ2) is 6.27. The third kappa shape index (κ3) is 2.80. The Balaban J connectivity index is 2.24. The number of nitrogens with zero attached hydrogens (tertiary/aromatic N) is 1. The zero-order valence-corrected chi connectivity index (χ0v) is 12.5. The first-order valence-corrected chi connectivity index (χ1v) is 7.33. The van der Waals surface area contributed by atoms with E-state index >= 15 is 0 Å². The van der Waals surface area contributed by atoms with Gasteiger partial charge in [0.05, 0.1) is 6.61 Å². The number of carbonyl (C=O) groups is 1. The van der Waals surface area contributed by atoms with Gasteiger partial charge in [-0.3, -0.25) is 4.79 Å². The second-order valence-corrected chi connectivity index (χ2v) is 5.59. The molecule has 1 aliphatic heterocycles. The first kappa shape index (κ1) is 14.9. The predicted molar refractivity (Wildman–Crippen MR) is 81.2 cm³/mol. The number of aliphatic hydroxyl groups excluding tert-OH is 1. The van der Waals surface area contributed by atoms with Gasteiger partial charge in [0.1, 0.15) is 0 Å². The van der Waals surface area contributed by atoms with Crippen LogP contribution < -0.4 is 10.2 Å². The lowest BCUT2D eigenvalue weighted by atomic mass is 9.85. The van der Waals surface area contributed by atoms with Crippen LogP contribution in [0.1, 0.15) is 36.2 Å². The first-order valence-electron chi connectivity index (χ1n) is 7.33. The molecule has 1 amide bonds. The maximum Gasteiger partial charge on any atom is 0.251 e. The van der Waals surface area contributed by atoms with E-state index in [1.807, 2.05) is 18.2 Å². The summed E-state index contributed by atoms with van der Waals surface area (Å²) in [5.74, 6) is 0.475. The molecule has 1 heterocycles. The van der Waals surface area contributed by atoms with Crippen molar-refractivity contribution in [3.63, 3.8) is 0 Å². The van der Waals surface area contributed by atoms with E-state index in [9.17, 15) is 4.79 Å². The summed E-state index contributed by atoms with van der Waals surface area (Å²) in [7, 11) is 2.13. The molecule has 0 saturated carbocycles. The molecule has 0 fully saturated rings. The molecule has 20 heavy (non-hydrogen) atoms. The third-order valence-electron chi connectivity index (χ3n) is 4.23. The molecule has 110 valence electrons. The van der Waals surface area contributed by atoms with Gasteiger partial charge in [-0.25, -0.2) is 0 Å². The molecule has 4 heteroatoms. The molecular weight excluding hydrogens is 252 g/mol. The summed E-state index contributed by atoms with van der Waals surface area (Å²) in [6.07, 6.45) is 2.15. The van der Waals surface area contributed by atoms with E-state index in [0.29, 0.717) is 24.1 Å². The van der Waals surface area contributed by atoms with Gasteiger partial charge in [0, 0.05) is 30.9 Å². The van der Waals surface area contributed by atoms with Gasteiger partial charge in [-0.1, -0.05) is 13.8 Å². The minimum Gasteiger partial charge on any atom is -0.395 e. The van der Waals surface area contributed by atoms with E-state index in [4.69, 9.17) is 5.11 Å². The van der Waals surface area contributed by atoms with Crippen molar-refractivity contribution < 1.29 is 9.90 Å². The first-order chi connectivity index (χ1) is 9.58. The fourth-order valence-corrected chi connectivity index (χ4v) is 3.23. The molecule has 0 aliphatic carbocycles. The topological polar surface area (TPSA) is 52.6 Å². The lowest BCUT2D eigenvalue weighted by Gasteiger charge is -2.40. The highest BCUT2D eigenvalue weighted by Gasteiger charge is 2.28. The van der Waals surface area contributed by atoms with Crippen molar-refractivity contribution in [1.29, 1.82) is 0 Å². The predicted octanol–water partition coefficient (Wildman–Crippen LogP) is 1.82. The molecular formula is C16H24N2O2. The van der Waals surface area contributed by atoms with E-state index in [-0.39, 0.29) is 12.5 Å². The van der Waals surface area contributed by atoms with Crippen LogP contribution in [0.5, 0.6) is 0 Å². The number of benzene rings is 1. The Kier molecular flexibility index (Phi) is 4.65. The van der Waals surface area contributed by atoms with Gasteiger partial charge in [-0.2, -0.15) is 0 Å². The molecule has 2 atom stereocenters. The van der Waals surface area contributed by atoms with Gasteiger partial charge in [0.2, 0.25) is 0 Å². The second-order valence-electron chi connectivity index (χ2n) is 5.59. The molecule has 1 aromatic carbocycles. The van der Waals surface area contributed by atoms with Crippen molar-refractivity contribution in [2.75, 3.05) is 25.1 Å². The van der Waals surface area contributed by atoms with E-state index in [1.165, 1.54) is 11.3 Å². The standard InChI is InChI=1S/C16H24N2O2/c1-4-14-11(2)9-13-10-12(16(20)17-7-8-19)5-6-15(13)18(14)3/h5-6,10-11,14,19H,4,7-9H2,1-3H3,(H,17,20)/t11-,14+/m1/s1. The lowest BCUT2D eigenvalue weighted by Crippen LogP contribution is -2.41. The van der Waals surface area contributed by atoms with Crippen molar-refractivity contribution in [3.05, 3.63) is 29.3 Å². The highest BCUT2D eigenvalue weighted by Crippen LogP contribution is 2.34. The number of hydrogen-bond acceptors (Lipinski definition) is 3. The fraction of sp³-hybridized carbons (Fsp3) is 0.562. The molecule has 2 rings (SSSR count). The van der Waals surface area contributed by atoms with Crippen molar-refractivity contribution >= 4 is 11.6 Å². The van der Waals surface area contributed by atoms with E-state index in [1.54, 1.807) is 0 Å². The number of nitrogens with one attached hydrogen (secondary N) is 1. The van der Waals surface area contributed by atoms with Crippen molar-refractivity contribution in [2.24, 2.45) is 5.92 Å². The third-order valence-corrected chi connectivity index (χ3v) is 4.23.